The van der Waals surface area contributed by atoms with Gasteiger partial charge in [0, 0.05) is 6.07 Å². The van der Waals surface area contributed by atoms with Gasteiger partial charge >= 0.3 is 5.97 Å². The van der Waals surface area contributed by atoms with Gasteiger partial charge in [-0.3, -0.25) is 10.1 Å². The molecule has 80 valence electrons. The minimum Gasteiger partial charge on any atom is -0.477 e. The van der Waals surface area contributed by atoms with E-state index >= 15 is 0 Å². The predicted octanol–water partition coefficient (Wildman–Crippen LogP) is 1.63. The third kappa shape index (κ3) is 2.22. The Morgan fingerprint density at radius 1 is 1.53 bits per heavy atom. The summed E-state index contributed by atoms with van der Waals surface area (Å²) in [7, 11) is 0. The van der Waals surface area contributed by atoms with Crippen molar-refractivity contribution >= 4 is 11.7 Å². The number of aromatic carboxylic acids is 1. The minimum absolute atomic E-state index is 0.657. The van der Waals surface area contributed by atoms with Gasteiger partial charge in [0.1, 0.15) is 5.69 Å². The Labute approximate surface area is 81.3 Å². The first-order valence-electron chi connectivity index (χ1n) is 3.60. The molecule has 0 aliphatic heterocycles. The Kier molecular flexibility index (Phi) is 2.88. The van der Waals surface area contributed by atoms with E-state index in [4.69, 9.17) is 5.11 Å². The number of nitrogens with zero attached hydrogens (tertiary/aromatic N) is 2. The van der Waals surface area contributed by atoms with Crippen LogP contribution in [-0.2, 0) is 0 Å². The third-order valence-electron chi connectivity index (χ3n) is 1.52. The first kappa shape index (κ1) is 11.0. The Morgan fingerprint density at radius 3 is 2.53 bits per heavy atom. The van der Waals surface area contributed by atoms with E-state index in [0.717, 1.165) is 6.07 Å². The molecular formula is C7H4F2N2O4. The highest BCUT2D eigenvalue weighted by atomic mass is 19.3. The van der Waals surface area contributed by atoms with Crippen molar-refractivity contribution in [3.05, 3.63) is 33.6 Å². The maximum atomic E-state index is 12.3. The lowest BCUT2D eigenvalue weighted by molar-refractivity contribution is -0.386. The lowest BCUT2D eigenvalue weighted by Crippen LogP contribution is -2.06. The highest BCUT2D eigenvalue weighted by Crippen LogP contribution is 2.26. The molecule has 0 aliphatic rings. The van der Waals surface area contributed by atoms with Gasteiger partial charge in [0.15, 0.2) is 5.69 Å². The summed E-state index contributed by atoms with van der Waals surface area (Å²) in [6.45, 7) is 0. The molecule has 1 aromatic rings. The van der Waals surface area contributed by atoms with Gasteiger partial charge in [0.2, 0.25) is 0 Å². The standard InChI is InChI=1S/C7H4F2N2O4/c8-6(9)5-4(11(14)15)2-1-3(10-5)7(12)13/h1-2,6H,(H,12,13). The van der Waals surface area contributed by atoms with E-state index in [-0.39, 0.29) is 0 Å². The zero-order valence-electron chi connectivity index (χ0n) is 7.05. The summed E-state index contributed by atoms with van der Waals surface area (Å²) in [6.07, 6.45) is -3.19. The average molecular weight is 218 g/mol. The van der Waals surface area contributed by atoms with Gasteiger partial charge in [0.25, 0.3) is 12.1 Å². The molecule has 0 atom stereocenters. The molecule has 1 aromatic heterocycles. The van der Waals surface area contributed by atoms with Crippen LogP contribution in [-0.4, -0.2) is 21.0 Å². The first-order valence-corrected chi connectivity index (χ1v) is 3.60. The summed E-state index contributed by atoms with van der Waals surface area (Å²) in [5, 5.41) is 18.7. The van der Waals surface area contributed by atoms with Crippen molar-refractivity contribution in [2.75, 3.05) is 0 Å². The van der Waals surface area contributed by atoms with Crippen molar-refractivity contribution in [3.63, 3.8) is 0 Å². The fraction of sp³-hybridized carbons (Fsp3) is 0.143. The van der Waals surface area contributed by atoms with Gasteiger partial charge in [0.05, 0.1) is 4.92 Å². The minimum atomic E-state index is -3.19. The number of carboxylic acid groups (broad SMARTS) is 1. The predicted molar refractivity (Wildman–Crippen MR) is 42.8 cm³/mol. The summed E-state index contributed by atoms with van der Waals surface area (Å²) in [5.41, 5.74) is -2.69. The van der Waals surface area contributed by atoms with Gasteiger partial charge in [-0.05, 0) is 6.07 Å². The van der Waals surface area contributed by atoms with Gasteiger partial charge in [-0.25, -0.2) is 18.6 Å². The van der Waals surface area contributed by atoms with Gasteiger partial charge in [-0.2, -0.15) is 0 Å². The monoisotopic (exact) mass is 218 g/mol. The van der Waals surface area contributed by atoms with Crippen LogP contribution in [0.2, 0.25) is 0 Å². The van der Waals surface area contributed by atoms with Crippen molar-refractivity contribution < 1.29 is 23.6 Å². The number of hydrogen-bond acceptors (Lipinski definition) is 4. The maximum Gasteiger partial charge on any atom is 0.354 e. The molecule has 0 aliphatic carbocycles. The Hall–Kier alpha value is -2.12. The molecule has 8 heteroatoms. The number of alkyl halides is 2. The molecule has 0 bridgehead atoms. The maximum absolute atomic E-state index is 12.3. The first-order chi connectivity index (χ1) is 6.93. The molecule has 0 amide bonds. The van der Waals surface area contributed by atoms with Crippen molar-refractivity contribution in [1.82, 2.24) is 4.98 Å². The summed E-state index contributed by atoms with van der Waals surface area (Å²) in [4.78, 5) is 22.6. The molecule has 0 radical (unpaired) electrons. The van der Waals surface area contributed by atoms with E-state index in [1.54, 1.807) is 0 Å². The molecule has 0 saturated carbocycles. The van der Waals surface area contributed by atoms with E-state index in [1.807, 2.05) is 0 Å². The molecule has 0 fully saturated rings. The van der Waals surface area contributed by atoms with Crippen LogP contribution in [0.15, 0.2) is 12.1 Å². The van der Waals surface area contributed by atoms with E-state index in [2.05, 4.69) is 4.98 Å². The van der Waals surface area contributed by atoms with Crippen molar-refractivity contribution in [2.45, 2.75) is 6.43 Å². The van der Waals surface area contributed by atoms with Crippen LogP contribution in [0.4, 0.5) is 14.5 Å². The number of halogens is 2. The molecule has 0 saturated heterocycles. The number of carboxylic acids is 1. The molecule has 0 spiro atoms. The summed E-state index contributed by atoms with van der Waals surface area (Å²) >= 11 is 0. The molecule has 1 heterocycles. The van der Waals surface area contributed by atoms with Crippen LogP contribution in [0.25, 0.3) is 0 Å². The topological polar surface area (TPSA) is 93.3 Å². The van der Waals surface area contributed by atoms with Crippen LogP contribution >= 0.6 is 0 Å². The summed E-state index contributed by atoms with van der Waals surface area (Å²) in [6, 6.07) is 1.49. The highest BCUT2D eigenvalue weighted by molar-refractivity contribution is 5.85. The molecule has 0 unspecified atom stereocenters. The Balaban J connectivity index is 3.33. The van der Waals surface area contributed by atoms with Crippen molar-refractivity contribution in [2.24, 2.45) is 0 Å². The SMILES string of the molecule is O=C(O)c1ccc([N+](=O)[O-])c(C(F)F)n1. The molecule has 6 nitrogen and oxygen atoms in total. The summed E-state index contributed by atoms with van der Waals surface area (Å²) < 4.78 is 24.5. The fourth-order valence-corrected chi connectivity index (χ4v) is 0.902. The largest absolute Gasteiger partial charge is 0.477 e. The highest BCUT2D eigenvalue weighted by Gasteiger charge is 2.25. The van der Waals surface area contributed by atoms with E-state index in [0.29, 0.717) is 6.07 Å². The van der Waals surface area contributed by atoms with Crippen LogP contribution in [0, 0.1) is 10.1 Å². The number of rotatable bonds is 3. The Morgan fingerprint density at radius 2 is 2.13 bits per heavy atom. The second-order valence-corrected chi connectivity index (χ2v) is 2.46. The number of pyridine rings is 1. The van der Waals surface area contributed by atoms with Crippen LogP contribution in [0.3, 0.4) is 0 Å². The number of hydrogen-bond donors (Lipinski definition) is 1. The number of carbonyl (C=O) groups is 1. The zero-order chi connectivity index (χ0) is 11.6. The zero-order valence-corrected chi connectivity index (χ0v) is 7.05. The molecular weight excluding hydrogens is 214 g/mol. The molecule has 15 heavy (non-hydrogen) atoms. The van der Waals surface area contributed by atoms with Crippen LogP contribution in [0.1, 0.15) is 22.6 Å². The van der Waals surface area contributed by atoms with E-state index < -0.39 is 34.4 Å². The quantitative estimate of drug-likeness (QED) is 0.614. The number of nitro groups is 1. The van der Waals surface area contributed by atoms with Crippen LogP contribution < -0.4 is 0 Å². The second kappa shape index (κ2) is 3.95. The molecule has 1 N–H and O–H groups in total. The number of aromatic nitrogens is 1. The average Bonchev–Trinajstić information content (AvgIpc) is 2.16. The van der Waals surface area contributed by atoms with Crippen molar-refractivity contribution in [3.8, 4) is 0 Å². The second-order valence-electron chi connectivity index (χ2n) is 2.46. The fourth-order valence-electron chi connectivity index (χ4n) is 0.902. The van der Waals surface area contributed by atoms with Gasteiger partial charge < -0.3 is 5.11 Å². The van der Waals surface area contributed by atoms with Gasteiger partial charge in [-0.1, -0.05) is 0 Å². The molecule has 1 rings (SSSR count). The van der Waals surface area contributed by atoms with E-state index in [1.165, 1.54) is 0 Å². The lowest BCUT2D eigenvalue weighted by Gasteiger charge is -2.01. The Bertz CT molecular complexity index is 421. The van der Waals surface area contributed by atoms with Crippen molar-refractivity contribution in [1.29, 1.82) is 0 Å². The van der Waals surface area contributed by atoms with Gasteiger partial charge in [-0.15, -0.1) is 0 Å². The third-order valence-corrected chi connectivity index (χ3v) is 1.52. The molecule has 0 aromatic carbocycles. The van der Waals surface area contributed by atoms with Crippen LogP contribution in [0.5, 0.6) is 0 Å². The lowest BCUT2D eigenvalue weighted by atomic mass is 10.2. The smallest absolute Gasteiger partial charge is 0.354 e. The van der Waals surface area contributed by atoms with E-state index in [9.17, 15) is 23.7 Å². The normalized spacial score (nSPS) is 10.3. The summed E-state index contributed by atoms with van der Waals surface area (Å²) in [5.74, 6) is -1.52.